The van der Waals surface area contributed by atoms with Crippen LogP contribution in [0.1, 0.15) is 36.7 Å². The number of imidazole rings is 1. The lowest BCUT2D eigenvalue weighted by atomic mass is 9.84. The van der Waals surface area contributed by atoms with Crippen LogP contribution in [0.4, 0.5) is 11.6 Å². The molecule has 3 aromatic heterocycles. The Hall–Kier alpha value is -3.99. The van der Waals surface area contributed by atoms with Crippen LogP contribution in [0.25, 0.3) is 11.5 Å². The highest BCUT2D eigenvalue weighted by Crippen LogP contribution is 2.40. The summed E-state index contributed by atoms with van der Waals surface area (Å²) < 4.78 is 16.2. The lowest BCUT2D eigenvalue weighted by molar-refractivity contribution is -0.723. The second-order valence-corrected chi connectivity index (χ2v) is 9.80. The van der Waals surface area contributed by atoms with E-state index < -0.39 is 0 Å². The smallest absolute Gasteiger partial charge is 0.401 e. The van der Waals surface area contributed by atoms with Gasteiger partial charge in [-0.1, -0.05) is 35.5 Å². The van der Waals surface area contributed by atoms with Crippen molar-refractivity contribution < 1.29 is 19.0 Å². The van der Waals surface area contributed by atoms with Gasteiger partial charge >= 0.3 is 5.95 Å². The Bertz CT molecular complexity index is 1400. The third-order valence-corrected chi connectivity index (χ3v) is 6.32. The van der Waals surface area contributed by atoms with Gasteiger partial charge in [0.2, 0.25) is 0 Å². The Morgan fingerprint density at radius 2 is 2.00 bits per heavy atom. The van der Waals surface area contributed by atoms with E-state index >= 15 is 0 Å². The molecule has 0 saturated carbocycles. The Kier molecular flexibility index (Phi) is 6.09. The second kappa shape index (κ2) is 9.23. The maximum absolute atomic E-state index is 13.6. The SMILES string of the molecule is COc1c(N2CCOCC2)cc(C(=O)C[n+]2nc3ccc(-n4ccnc4)nn3c2N)cc1C(C)(C)C. The normalized spacial score (nSPS) is 14.4. The van der Waals surface area contributed by atoms with Crippen molar-refractivity contribution in [1.29, 1.82) is 0 Å². The van der Waals surface area contributed by atoms with E-state index in [-0.39, 0.29) is 23.7 Å². The summed E-state index contributed by atoms with van der Waals surface area (Å²) in [6, 6.07) is 7.46. The molecule has 1 saturated heterocycles. The first-order valence-corrected chi connectivity index (χ1v) is 11.9. The third-order valence-electron chi connectivity index (χ3n) is 6.32. The zero-order chi connectivity index (χ0) is 25.4. The van der Waals surface area contributed by atoms with Crippen LogP contribution in [-0.4, -0.2) is 63.5 Å². The second-order valence-electron chi connectivity index (χ2n) is 9.80. The molecule has 0 radical (unpaired) electrons. The van der Waals surface area contributed by atoms with Crippen molar-refractivity contribution in [2.45, 2.75) is 32.7 Å². The van der Waals surface area contributed by atoms with Crippen LogP contribution in [0.2, 0.25) is 0 Å². The van der Waals surface area contributed by atoms with E-state index in [4.69, 9.17) is 15.2 Å². The van der Waals surface area contributed by atoms with Gasteiger partial charge in [-0.2, -0.15) is 0 Å². The van der Waals surface area contributed by atoms with E-state index in [0.29, 0.717) is 30.2 Å². The van der Waals surface area contributed by atoms with Gasteiger partial charge < -0.3 is 14.4 Å². The molecule has 0 atom stereocenters. The largest absolute Gasteiger partial charge is 0.494 e. The molecular weight excluding hydrogens is 460 g/mol. The number of nitrogens with zero attached hydrogens (tertiary/aromatic N) is 7. The predicted molar refractivity (Wildman–Crippen MR) is 134 cm³/mol. The van der Waals surface area contributed by atoms with Gasteiger partial charge in [0.15, 0.2) is 18.1 Å². The van der Waals surface area contributed by atoms with Crippen LogP contribution in [0.5, 0.6) is 5.75 Å². The van der Waals surface area contributed by atoms with Crippen LogP contribution in [0.15, 0.2) is 43.0 Å². The lowest BCUT2D eigenvalue weighted by Gasteiger charge is -2.33. The fourth-order valence-corrected chi connectivity index (χ4v) is 4.40. The summed E-state index contributed by atoms with van der Waals surface area (Å²) in [6.45, 7) is 9.05. The van der Waals surface area contributed by atoms with E-state index in [1.54, 1.807) is 36.5 Å². The van der Waals surface area contributed by atoms with Crippen molar-refractivity contribution in [2.24, 2.45) is 0 Å². The minimum absolute atomic E-state index is 0.0198. The fourth-order valence-electron chi connectivity index (χ4n) is 4.40. The topological polar surface area (TPSA) is 117 Å². The highest BCUT2D eigenvalue weighted by molar-refractivity contribution is 5.97. The molecule has 0 bridgehead atoms. The lowest BCUT2D eigenvalue weighted by Crippen LogP contribution is -2.42. The van der Waals surface area contributed by atoms with Gasteiger partial charge in [-0.3, -0.25) is 15.1 Å². The molecule has 2 N–H and O–H groups in total. The van der Waals surface area contributed by atoms with Crippen molar-refractivity contribution in [3.8, 4) is 11.6 Å². The number of rotatable bonds is 6. The van der Waals surface area contributed by atoms with Crippen LogP contribution in [0.3, 0.4) is 0 Å². The number of nitrogen functional groups attached to an aromatic ring is 1. The number of anilines is 2. The van der Waals surface area contributed by atoms with E-state index in [9.17, 15) is 4.79 Å². The first-order chi connectivity index (χ1) is 17.3. The zero-order valence-electron chi connectivity index (χ0n) is 21.0. The van der Waals surface area contributed by atoms with Gasteiger partial charge in [-0.15, -0.1) is 4.68 Å². The first kappa shape index (κ1) is 23.7. The van der Waals surface area contributed by atoms with E-state index in [0.717, 1.165) is 30.1 Å². The zero-order valence-corrected chi connectivity index (χ0v) is 21.0. The monoisotopic (exact) mass is 491 g/mol. The number of carbonyl (C=O) groups excluding carboxylic acids is 1. The maximum Gasteiger partial charge on any atom is 0.401 e. The summed E-state index contributed by atoms with van der Waals surface area (Å²) in [7, 11) is 1.67. The molecule has 1 aliphatic rings. The molecule has 4 aromatic rings. The Morgan fingerprint density at radius 3 is 2.67 bits per heavy atom. The number of ether oxygens (including phenoxy) is 2. The summed E-state index contributed by atoms with van der Waals surface area (Å²) in [4.78, 5) is 19.8. The van der Waals surface area contributed by atoms with Crippen molar-refractivity contribution >= 4 is 23.1 Å². The molecule has 1 aliphatic heterocycles. The van der Waals surface area contributed by atoms with Crippen molar-refractivity contribution in [3.63, 3.8) is 0 Å². The van der Waals surface area contributed by atoms with Crippen LogP contribution >= 0.6 is 0 Å². The molecule has 4 heterocycles. The number of ketones is 1. The average Bonchev–Trinajstić information content (AvgIpc) is 3.52. The van der Waals surface area contributed by atoms with Gasteiger partial charge in [-0.05, 0) is 23.6 Å². The number of hydrogen-bond donors (Lipinski definition) is 1. The van der Waals surface area contributed by atoms with Gasteiger partial charge in [0.1, 0.15) is 12.1 Å². The minimum Gasteiger partial charge on any atom is -0.494 e. The number of hydrogen-bond acceptors (Lipinski definition) is 8. The molecule has 0 spiro atoms. The van der Waals surface area contributed by atoms with E-state index in [2.05, 4.69) is 40.9 Å². The number of aromatic nitrogens is 6. The predicted octanol–water partition coefficient (Wildman–Crippen LogP) is 1.81. The highest BCUT2D eigenvalue weighted by Gasteiger charge is 2.28. The Balaban J connectivity index is 1.51. The van der Waals surface area contributed by atoms with Gasteiger partial charge in [0.05, 0.1) is 26.0 Å². The highest BCUT2D eigenvalue weighted by atomic mass is 16.5. The minimum atomic E-state index is -0.231. The van der Waals surface area contributed by atoms with Crippen LogP contribution in [0, 0.1) is 0 Å². The number of carbonyl (C=O) groups is 1. The summed E-state index contributed by atoms with van der Waals surface area (Å²) in [5.41, 5.74) is 9.13. The summed E-state index contributed by atoms with van der Waals surface area (Å²) in [6.07, 6.45) is 5.12. The number of benzene rings is 1. The summed E-state index contributed by atoms with van der Waals surface area (Å²) >= 11 is 0. The van der Waals surface area contributed by atoms with Crippen molar-refractivity contribution in [3.05, 3.63) is 54.1 Å². The van der Waals surface area contributed by atoms with Crippen LogP contribution in [-0.2, 0) is 16.7 Å². The quantitative estimate of drug-likeness (QED) is 0.321. The molecule has 0 amide bonds. The standard InChI is InChI=1S/C25H30N8O3/c1-25(2,3)18-13-17(14-19(23(18)35-4)30-9-11-36-12-10-30)20(34)15-32-24(26)33-22(28-32)6-5-21(29-33)31-8-7-27-16-31/h5-8,13-14,16,26H,9-12,15H2,1-4H3/p+1. The van der Waals surface area contributed by atoms with E-state index in [1.807, 2.05) is 18.2 Å². The first-order valence-electron chi connectivity index (χ1n) is 11.9. The molecule has 11 heteroatoms. The molecule has 11 nitrogen and oxygen atoms in total. The fraction of sp³-hybridized carbons (Fsp3) is 0.400. The Morgan fingerprint density at radius 1 is 1.22 bits per heavy atom. The molecule has 36 heavy (non-hydrogen) atoms. The van der Waals surface area contributed by atoms with Crippen molar-refractivity contribution in [2.75, 3.05) is 44.0 Å². The molecular formula is C25H31N8O3+. The number of nitrogens with two attached hydrogens (primary N) is 1. The number of Topliss-reactive ketones (excluding diaryl/α,β-unsaturated/α-hetero) is 1. The third kappa shape index (κ3) is 4.37. The Labute approximate surface area is 209 Å². The maximum atomic E-state index is 13.6. The number of morpholine rings is 1. The van der Waals surface area contributed by atoms with Gasteiger partial charge in [0, 0.05) is 42.7 Å². The molecule has 5 rings (SSSR count). The molecule has 188 valence electrons. The average molecular weight is 492 g/mol. The molecule has 0 aliphatic carbocycles. The van der Waals surface area contributed by atoms with Crippen LogP contribution < -0.4 is 20.1 Å². The molecule has 0 unspecified atom stereocenters. The number of methoxy groups -OCH3 is 1. The van der Waals surface area contributed by atoms with E-state index in [1.165, 1.54) is 9.20 Å². The molecule has 1 fully saturated rings. The summed E-state index contributed by atoms with van der Waals surface area (Å²) in [5.74, 6) is 1.59. The van der Waals surface area contributed by atoms with Gasteiger partial charge in [0.25, 0.3) is 5.65 Å². The van der Waals surface area contributed by atoms with Gasteiger partial charge in [-0.25, -0.2) is 4.98 Å². The molecule has 1 aromatic carbocycles. The van der Waals surface area contributed by atoms with Crippen molar-refractivity contribution in [1.82, 2.24) is 24.3 Å². The summed E-state index contributed by atoms with van der Waals surface area (Å²) in [5, 5.41) is 9.06. The number of fused-ring (bicyclic) bond motifs is 1.